The molecule has 15 heavy (non-hydrogen) atoms. The minimum absolute atomic E-state index is 0.0824. The average molecular weight is 203 g/mol. The second-order valence-corrected chi connectivity index (χ2v) is 3.43. The number of nitrogens with two attached hydrogens (primary N) is 1. The lowest BCUT2D eigenvalue weighted by Crippen LogP contribution is -2.10. The molecule has 0 aliphatic heterocycles. The van der Waals surface area contributed by atoms with E-state index >= 15 is 0 Å². The summed E-state index contributed by atoms with van der Waals surface area (Å²) >= 11 is 0. The van der Waals surface area contributed by atoms with Gasteiger partial charge in [-0.1, -0.05) is 18.8 Å². The Labute approximate surface area is 91.4 Å². The molecule has 0 bridgehead atoms. The number of hydrogen-bond acceptors (Lipinski definition) is 2. The van der Waals surface area contributed by atoms with E-state index in [2.05, 4.69) is 18.8 Å². The zero-order chi connectivity index (χ0) is 11.1. The summed E-state index contributed by atoms with van der Waals surface area (Å²) in [5.74, 6) is 6.80. The molecule has 0 aliphatic carbocycles. The molecule has 1 unspecified atom stereocenters. The van der Waals surface area contributed by atoms with Crippen molar-refractivity contribution in [3.05, 3.63) is 29.8 Å². The summed E-state index contributed by atoms with van der Waals surface area (Å²) in [6.07, 6.45) is 1.02. The molecular formula is C13H17NO. The summed E-state index contributed by atoms with van der Waals surface area (Å²) in [5, 5.41) is 0. The topological polar surface area (TPSA) is 35.2 Å². The third-order valence-corrected chi connectivity index (χ3v) is 1.77. The first-order valence-electron chi connectivity index (χ1n) is 5.22. The van der Waals surface area contributed by atoms with E-state index in [1.54, 1.807) is 0 Å². The third-order valence-electron chi connectivity index (χ3n) is 1.77. The first-order valence-corrected chi connectivity index (χ1v) is 5.22. The molecular weight excluding hydrogens is 186 g/mol. The molecule has 1 rings (SSSR count). The van der Waals surface area contributed by atoms with Gasteiger partial charge in [0.25, 0.3) is 0 Å². The smallest absolute Gasteiger partial charge is 0.119 e. The first kappa shape index (κ1) is 11.6. The molecule has 0 aromatic heterocycles. The van der Waals surface area contributed by atoms with Crippen LogP contribution in [0.4, 0.5) is 0 Å². The molecule has 2 heteroatoms. The molecule has 1 aromatic carbocycles. The average Bonchev–Trinajstić information content (AvgIpc) is 2.25. The Kier molecular flexibility index (Phi) is 4.73. The lowest BCUT2D eigenvalue weighted by molar-refractivity contribution is 0.317. The van der Waals surface area contributed by atoms with Gasteiger partial charge in [0, 0.05) is 5.56 Å². The minimum Gasteiger partial charge on any atom is -0.494 e. The van der Waals surface area contributed by atoms with E-state index in [1.807, 2.05) is 31.2 Å². The number of ether oxygens (including phenoxy) is 1. The Morgan fingerprint density at radius 1 is 1.33 bits per heavy atom. The van der Waals surface area contributed by atoms with Crippen LogP contribution in [0, 0.1) is 11.8 Å². The zero-order valence-corrected chi connectivity index (χ0v) is 9.29. The summed E-state index contributed by atoms with van der Waals surface area (Å²) in [7, 11) is 0. The van der Waals surface area contributed by atoms with Crippen molar-refractivity contribution in [1.82, 2.24) is 0 Å². The molecule has 1 aromatic rings. The zero-order valence-electron chi connectivity index (χ0n) is 9.29. The molecule has 0 spiro atoms. The van der Waals surface area contributed by atoms with Crippen LogP contribution in [0.2, 0.25) is 0 Å². The van der Waals surface area contributed by atoms with Crippen molar-refractivity contribution >= 4 is 0 Å². The van der Waals surface area contributed by atoms with Gasteiger partial charge in [-0.3, -0.25) is 0 Å². The molecule has 0 radical (unpaired) electrons. The van der Waals surface area contributed by atoms with Gasteiger partial charge in [0.2, 0.25) is 0 Å². The maximum atomic E-state index is 5.54. The second kappa shape index (κ2) is 6.10. The predicted molar refractivity (Wildman–Crippen MR) is 62.8 cm³/mol. The van der Waals surface area contributed by atoms with E-state index in [1.165, 1.54) is 0 Å². The summed E-state index contributed by atoms with van der Waals surface area (Å²) in [6, 6.07) is 7.67. The number of rotatable bonds is 3. The van der Waals surface area contributed by atoms with Gasteiger partial charge >= 0.3 is 0 Å². The van der Waals surface area contributed by atoms with Crippen molar-refractivity contribution < 1.29 is 4.74 Å². The fourth-order valence-corrected chi connectivity index (χ4v) is 1.05. The molecule has 0 saturated carbocycles. The van der Waals surface area contributed by atoms with Crippen LogP contribution >= 0.6 is 0 Å². The van der Waals surface area contributed by atoms with Crippen molar-refractivity contribution in [1.29, 1.82) is 0 Å². The van der Waals surface area contributed by atoms with Gasteiger partial charge in [0.1, 0.15) is 5.75 Å². The monoisotopic (exact) mass is 203 g/mol. The van der Waals surface area contributed by atoms with Crippen LogP contribution in [0.15, 0.2) is 24.3 Å². The van der Waals surface area contributed by atoms with Gasteiger partial charge in [-0.15, -0.1) is 0 Å². The fourth-order valence-electron chi connectivity index (χ4n) is 1.05. The third kappa shape index (κ3) is 4.53. The molecule has 0 heterocycles. The molecule has 2 nitrogen and oxygen atoms in total. The van der Waals surface area contributed by atoms with Gasteiger partial charge in [0.15, 0.2) is 0 Å². The lowest BCUT2D eigenvalue weighted by atomic mass is 10.2. The van der Waals surface area contributed by atoms with Crippen LogP contribution in [-0.4, -0.2) is 12.6 Å². The van der Waals surface area contributed by atoms with Crippen molar-refractivity contribution in [2.24, 2.45) is 5.73 Å². The molecule has 0 aliphatic rings. The lowest BCUT2D eigenvalue weighted by Gasteiger charge is -2.03. The first-order chi connectivity index (χ1) is 7.22. The summed E-state index contributed by atoms with van der Waals surface area (Å²) in [5.41, 5.74) is 6.51. The van der Waals surface area contributed by atoms with Crippen LogP contribution in [0.5, 0.6) is 5.75 Å². The Bertz CT molecular complexity index is 343. The van der Waals surface area contributed by atoms with Crippen LogP contribution in [0.3, 0.4) is 0 Å². The highest BCUT2D eigenvalue weighted by molar-refractivity contribution is 5.38. The highest BCUT2D eigenvalue weighted by atomic mass is 16.5. The van der Waals surface area contributed by atoms with E-state index < -0.39 is 0 Å². The molecule has 1 atom stereocenters. The Morgan fingerprint density at radius 2 is 2.00 bits per heavy atom. The number of benzene rings is 1. The van der Waals surface area contributed by atoms with Gasteiger partial charge in [-0.25, -0.2) is 0 Å². The molecule has 0 saturated heterocycles. The van der Waals surface area contributed by atoms with Crippen molar-refractivity contribution in [3.8, 4) is 17.6 Å². The maximum Gasteiger partial charge on any atom is 0.119 e. The van der Waals surface area contributed by atoms with Crippen molar-refractivity contribution in [2.75, 3.05) is 6.61 Å². The fraction of sp³-hybridized carbons (Fsp3) is 0.385. The highest BCUT2D eigenvalue weighted by Crippen LogP contribution is 2.11. The van der Waals surface area contributed by atoms with Crippen molar-refractivity contribution in [3.63, 3.8) is 0 Å². The molecule has 0 amide bonds. The Morgan fingerprint density at radius 3 is 2.53 bits per heavy atom. The SMILES string of the molecule is CCCOc1ccc(C#CC(C)N)cc1. The second-order valence-electron chi connectivity index (χ2n) is 3.43. The quantitative estimate of drug-likeness (QED) is 0.764. The van der Waals surface area contributed by atoms with E-state index in [0.717, 1.165) is 24.3 Å². The van der Waals surface area contributed by atoms with Crippen molar-refractivity contribution in [2.45, 2.75) is 26.3 Å². The Hall–Kier alpha value is -1.46. The molecule has 0 fully saturated rings. The summed E-state index contributed by atoms with van der Waals surface area (Å²) in [6.45, 7) is 4.71. The predicted octanol–water partition coefficient (Wildman–Crippen LogP) is 2.17. The largest absolute Gasteiger partial charge is 0.494 e. The van der Waals surface area contributed by atoms with E-state index in [0.29, 0.717) is 0 Å². The van der Waals surface area contributed by atoms with E-state index in [4.69, 9.17) is 10.5 Å². The standard InChI is InChI=1S/C13H17NO/c1-3-10-15-13-8-6-12(7-9-13)5-4-11(2)14/h6-9,11H,3,10,14H2,1-2H3. The highest BCUT2D eigenvalue weighted by Gasteiger charge is 1.92. The Balaban J connectivity index is 2.61. The normalized spacial score (nSPS) is 11.4. The molecule has 2 N–H and O–H groups in total. The van der Waals surface area contributed by atoms with Gasteiger partial charge in [0.05, 0.1) is 12.6 Å². The minimum atomic E-state index is -0.0824. The van der Waals surface area contributed by atoms with Crippen LogP contribution in [0.1, 0.15) is 25.8 Å². The summed E-state index contributed by atoms with van der Waals surface area (Å²) < 4.78 is 5.46. The summed E-state index contributed by atoms with van der Waals surface area (Å²) in [4.78, 5) is 0. The van der Waals surface area contributed by atoms with Crippen LogP contribution in [0.25, 0.3) is 0 Å². The van der Waals surface area contributed by atoms with Gasteiger partial charge < -0.3 is 10.5 Å². The van der Waals surface area contributed by atoms with Gasteiger partial charge in [-0.05, 0) is 37.6 Å². The van der Waals surface area contributed by atoms with E-state index in [9.17, 15) is 0 Å². The van der Waals surface area contributed by atoms with Gasteiger partial charge in [-0.2, -0.15) is 0 Å². The maximum absolute atomic E-state index is 5.54. The molecule has 80 valence electrons. The number of hydrogen-bond donors (Lipinski definition) is 1. The van der Waals surface area contributed by atoms with Crippen LogP contribution < -0.4 is 10.5 Å². The van der Waals surface area contributed by atoms with E-state index in [-0.39, 0.29) is 6.04 Å². The van der Waals surface area contributed by atoms with Crippen LogP contribution in [-0.2, 0) is 0 Å².